The van der Waals surface area contributed by atoms with Gasteiger partial charge in [0.1, 0.15) is 6.54 Å². The molecule has 180 valence electrons. The van der Waals surface area contributed by atoms with E-state index in [-0.39, 0.29) is 12.5 Å². The number of hydrogen-bond acceptors (Lipinski definition) is 4. The third-order valence-electron chi connectivity index (χ3n) is 6.17. The van der Waals surface area contributed by atoms with E-state index < -0.39 is 10.2 Å². The quantitative estimate of drug-likeness (QED) is 0.609. The van der Waals surface area contributed by atoms with Crippen LogP contribution in [0.1, 0.15) is 29.5 Å². The maximum atomic E-state index is 12.8. The number of amides is 1. The molecule has 1 saturated heterocycles. The molecule has 0 unspecified atom stereocenters. The van der Waals surface area contributed by atoms with Crippen LogP contribution >= 0.6 is 0 Å². The SMILES string of the molecule is Cc1ccc(CN2CCC(CNC(=O)CN(c3ccc(C)cc3)S(=O)(=O)N(C)C)CC2)cc1. The van der Waals surface area contributed by atoms with E-state index in [0.717, 1.165) is 46.6 Å². The molecule has 0 saturated carbocycles. The molecule has 7 nitrogen and oxygen atoms in total. The number of carbonyl (C=O) groups excluding carboxylic acids is 1. The van der Waals surface area contributed by atoms with Crippen LogP contribution in [0.25, 0.3) is 0 Å². The van der Waals surface area contributed by atoms with E-state index in [2.05, 4.69) is 41.4 Å². The van der Waals surface area contributed by atoms with Gasteiger partial charge in [-0.2, -0.15) is 12.7 Å². The molecule has 0 spiro atoms. The molecule has 33 heavy (non-hydrogen) atoms. The fourth-order valence-electron chi connectivity index (χ4n) is 3.96. The molecule has 1 N–H and O–H groups in total. The van der Waals surface area contributed by atoms with Crippen molar-refractivity contribution in [1.29, 1.82) is 0 Å². The molecule has 0 atom stereocenters. The van der Waals surface area contributed by atoms with Crippen molar-refractivity contribution in [3.63, 3.8) is 0 Å². The summed E-state index contributed by atoms with van der Waals surface area (Å²) < 4.78 is 27.9. The molecule has 8 heteroatoms. The Morgan fingerprint density at radius 3 is 2.06 bits per heavy atom. The fraction of sp³-hybridized carbons (Fsp3) is 0.480. The maximum Gasteiger partial charge on any atom is 0.304 e. The van der Waals surface area contributed by atoms with Gasteiger partial charge in [-0.3, -0.25) is 9.69 Å². The van der Waals surface area contributed by atoms with Crippen LogP contribution in [0.3, 0.4) is 0 Å². The molecule has 1 fully saturated rings. The minimum absolute atomic E-state index is 0.240. The number of aryl methyl sites for hydroxylation is 2. The summed E-state index contributed by atoms with van der Waals surface area (Å²) in [6, 6.07) is 15.8. The lowest BCUT2D eigenvalue weighted by atomic mass is 9.96. The molecule has 1 aliphatic heterocycles. The monoisotopic (exact) mass is 472 g/mol. The highest BCUT2D eigenvalue weighted by molar-refractivity contribution is 7.90. The number of piperidine rings is 1. The van der Waals surface area contributed by atoms with Gasteiger partial charge in [0.25, 0.3) is 0 Å². The van der Waals surface area contributed by atoms with Crippen molar-refractivity contribution in [3.05, 3.63) is 65.2 Å². The molecule has 0 bridgehead atoms. The lowest BCUT2D eigenvalue weighted by molar-refractivity contribution is -0.119. The minimum Gasteiger partial charge on any atom is -0.354 e. The Labute approximate surface area is 198 Å². The molecule has 3 rings (SSSR count). The second-order valence-electron chi connectivity index (χ2n) is 9.14. The molecule has 2 aromatic rings. The Hall–Kier alpha value is -2.42. The van der Waals surface area contributed by atoms with Gasteiger partial charge in [0.15, 0.2) is 0 Å². The Morgan fingerprint density at radius 1 is 0.970 bits per heavy atom. The summed E-state index contributed by atoms with van der Waals surface area (Å²) in [5, 5.41) is 2.96. The number of likely N-dealkylation sites (tertiary alicyclic amines) is 1. The summed E-state index contributed by atoms with van der Waals surface area (Å²) in [5.41, 5.74) is 4.10. The number of anilines is 1. The van der Waals surface area contributed by atoms with Gasteiger partial charge < -0.3 is 5.32 Å². The highest BCUT2D eigenvalue weighted by Crippen LogP contribution is 2.21. The molecule has 0 radical (unpaired) electrons. The topological polar surface area (TPSA) is 73.0 Å². The molecular formula is C25H36N4O3S. The highest BCUT2D eigenvalue weighted by atomic mass is 32.2. The first kappa shape index (κ1) is 25.2. The van der Waals surface area contributed by atoms with Gasteiger partial charge in [0, 0.05) is 27.2 Å². The number of hydrogen-bond donors (Lipinski definition) is 1. The molecule has 0 aliphatic carbocycles. The van der Waals surface area contributed by atoms with E-state index in [0.29, 0.717) is 18.2 Å². The predicted molar refractivity (Wildman–Crippen MR) is 133 cm³/mol. The largest absolute Gasteiger partial charge is 0.354 e. The average Bonchev–Trinajstić information content (AvgIpc) is 2.79. The van der Waals surface area contributed by atoms with Crippen molar-refractivity contribution < 1.29 is 13.2 Å². The first-order valence-electron chi connectivity index (χ1n) is 11.5. The zero-order valence-electron chi connectivity index (χ0n) is 20.1. The van der Waals surface area contributed by atoms with Crippen molar-refractivity contribution in [1.82, 2.24) is 14.5 Å². The van der Waals surface area contributed by atoms with Crippen LogP contribution in [0.4, 0.5) is 5.69 Å². The molecule has 1 amide bonds. The van der Waals surface area contributed by atoms with Crippen LogP contribution in [-0.4, -0.2) is 63.8 Å². The Balaban J connectivity index is 1.51. The Kier molecular flexibility index (Phi) is 8.51. The van der Waals surface area contributed by atoms with Crippen LogP contribution < -0.4 is 9.62 Å². The van der Waals surface area contributed by atoms with E-state index in [9.17, 15) is 13.2 Å². The van der Waals surface area contributed by atoms with E-state index in [1.54, 1.807) is 12.1 Å². The van der Waals surface area contributed by atoms with Gasteiger partial charge >= 0.3 is 10.2 Å². The zero-order chi connectivity index (χ0) is 24.0. The fourth-order valence-corrected chi connectivity index (χ4v) is 5.02. The summed E-state index contributed by atoms with van der Waals surface area (Å²) in [7, 11) is -0.842. The van der Waals surface area contributed by atoms with Crippen LogP contribution in [-0.2, 0) is 21.5 Å². The first-order chi connectivity index (χ1) is 15.6. The van der Waals surface area contributed by atoms with Crippen molar-refractivity contribution in [2.75, 3.05) is 44.6 Å². The number of nitrogens with one attached hydrogen (secondary N) is 1. The molecule has 1 heterocycles. The highest BCUT2D eigenvalue weighted by Gasteiger charge is 2.28. The lowest BCUT2D eigenvalue weighted by Crippen LogP contribution is -2.47. The molecule has 1 aliphatic rings. The van der Waals surface area contributed by atoms with Crippen molar-refractivity contribution >= 4 is 21.8 Å². The summed E-state index contributed by atoms with van der Waals surface area (Å²) in [6.07, 6.45) is 2.04. The third kappa shape index (κ3) is 7.03. The predicted octanol–water partition coefficient (Wildman–Crippen LogP) is 2.94. The van der Waals surface area contributed by atoms with Gasteiger partial charge in [-0.25, -0.2) is 4.31 Å². The third-order valence-corrected chi connectivity index (χ3v) is 7.99. The van der Waals surface area contributed by atoms with Gasteiger partial charge in [0.05, 0.1) is 5.69 Å². The van der Waals surface area contributed by atoms with Gasteiger partial charge in [0.2, 0.25) is 5.91 Å². The second-order valence-corrected chi connectivity index (χ2v) is 11.2. The Morgan fingerprint density at radius 2 is 1.52 bits per heavy atom. The van der Waals surface area contributed by atoms with Crippen molar-refractivity contribution in [2.45, 2.75) is 33.2 Å². The number of nitrogens with zero attached hydrogens (tertiary/aromatic N) is 3. The normalized spacial score (nSPS) is 15.5. The van der Waals surface area contributed by atoms with Gasteiger partial charge in [-0.1, -0.05) is 47.5 Å². The Bertz CT molecular complexity index is 1010. The zero-order valence-corrected chi connectivity index (χ0v) is 20.9. The molecule has 0 aromatic heterocycles. The summed E-state index contributed by atoms with van der Waals surface area (Å²) in [5.74, 6) is 0.115. The number of carbonyl (C=O) groups is 1. The van der Waals surface area contributed by atoms with E-state index in [4.69, 9.17) is 0 Å². The second kappa shape index (κ2) is 11.1. The van der Waals surface area contributed by atoms with Gasteiger partial charge in [-0.05, 0) is 63.4 Å². The van der Waals surface area contributed by atoms with Crippen LogP contribution in [0.5, 0.6) is 0 Å². The van der Waals surface area contributed by atoms with E-state index in [1.807, 2.05) is 19.1 Å². The average molecular weight is 473 g/mol. The summed E-state index contributed by atoms with van der Waals surface area (Å²) >= 11 is 0. The number of rotatable bonds is 9. The maximum absolute atomic E-state index is 12.8. The minimum atomic E-state index is -3.78. The van der Waals surface area contributed by atoms with Crippen molar-refractivity contribution in [3.8, 4) is 0 Å². The summed E-state index contributed by atoms with van der Waals surface area (Å²) in [6.45, 7) is 7.31. The smallest absolute Gasteiger partial charge is 0.304 e. The van der Waals surface area contributed by atoms with Crippen LogP contribution in [0, 0.1) is 19.8 Å². The van der Waals surface area contributed by atoms with E-state index >= 15 is 0 Å². The lowest BCUT2D eigenvalue weighted by Gasteiger charge is -2.32. The molecule has 2 aromatic carbocycles. The number of benzene rings is 2. The standard InChI is InChI=1S/C25H36N4O3S/c1-20-5-9-23(10-6-20)18-28-15-13-22(14-16-28)17-26-25(30)19-29(33(31,32)27(3)4)24-11-7-21(2)8-12-24/h5-12,22H,13-19H2,1-4H3,(H,26,30). The van der Waals surface area contributed by atoms with Gasteiger partial charge in [-0.15, -0.1) is 0 Å². The van der Waals surface area contributed by atoms with Crippen LogP contribution in [0.15, 0.2) is 48.5 Å². The first-order valence-corrected chi connectivity index (χ1v) is 12.9. The van der Waals surface area contributed by atoms with Crippen molar-refractivity contribution in [2.24, 2.45) is 5.92 Å². The molecular weight excluding hydrogens is 436 g/mol. The van der Waals surface area contributed by atoms with Crippen LogP contribution in [0.2, 0.25) is 0 Å². The summed E-state index contributed by atoms with van der Waals surface area (Å²) in [4.78, 5) is 15.1. The van der Waals surface area contributed by atoms with E-state index in [1.165, 1.54) is 25.2 Å².